The summed E-state index contributed by atoms with van der Waals surface area (Å²) in [4.78, 5) is 11.5. The summed E-state index contributed by atoms with van der Waals surface area (Å²) in [6, 6.07) is 3.48. The van der Waals surface area contributed by atoms with Gasteiger partial charge in [0.05, 0.1) is 0 Å². The van der Waals surface area contributed by atoms with E-state index in [1.54, 1.807) is 12.1 Å². The SMILES string of the molecule is CCNCCNC(=O)c1ccc(SC)o1.Cl. The maximum absolute atomic E-state index is 11.5. The molecule has 0 aromatic carbocycles. The Balaban J connectivity index is 0.00000225. The highest BCUT2D eigenvalue weighted by Gasteiger charge is 2.09. The third-order valence-corrected chi connectivity index (χ3v) is 2.47. The number of nitrogens with one attached hydrogen (secondary N) is 2. The summed E-state index contributed by atoms with van der Waals surface area (Å²) in [6.45, 7) is 4.33. The lowest BCUT2D eigenvalue weighted by Gasteiger charge is -2.02. The molecule has 6 heteroatoms. The molecule has 4 nitrogen and oxygen atoms in total. The standard InChI is InChI=1S/C10H16N2O2S.ClH/c1-3-11-6-7-12-10(13)8-4-5-9(14-8)15-2;/h4-5,11H,3,6-7H2,1-2H3,(H,12,13);1H. The predicted octanol–water partition coefficient (Wildman–Crippen LogP) is 1.76. The van der Waals surface area contributed by atoms with E-state index in [1.165, 1.54) is 11.8 Å². The van der Waals surface area contributed by atoms with Crippen molar-refractivity contribution in [3.05, 3.63) is 17.9 Å². The first-order valence-electron chi connectivity index (χ1n) is 4.90. The Labute approximate surface area is 106 Å². The first-order valence-corrected chi connectivity index (χ1v) is 6.13. The number of carbonyl (C=O) groups excluding carboxylic acids is 1. The molecule has 0 unspecified atom stereocenters. The molecule has 0 fully saturated rings. The second-order valence-corrected chi connectivity index (χ2v) is 3.74. The average molecular weight is 265 g/mol. The van der Waals surface area contributed by atoms with Gasteiger partial charge in [-0.25, -0.2) is 0 Å². The van der Waals surface area contributed by atoms with Crippen LogP contribution in [-0.2, 0) is 0 Å². The quantitative estimate of drug-likeness (QED) is 0.607. The van der Waals surface area contributed by atoms with Gasteiger partial charge in [-0.15, -0.1) is 12.4 Å². The zero-order chi connectivity index (χ0) is 11.1. The largest absolute Gasteiger partial charge is 0.445 e. The average Bonchev–Trinajstić information content (AvgIpc) is 2.72. The van der Waals surface area contributed by atoms with Crippen LogP contribution in [0.1, 0.15) is 17.5 Å². The number of carbonyl (C=O) groups is 1. The van der Waals surface area contributed by atoms with Gasteiger partial charge in [0.2, 0.25) is 0 Å². The van der Waals surface area contributed by atoms with E-state index in [9.17, 15) is 4.79 Å². The third kappa shape index (κ3) is 4.92. The first-order chi connectivity index (χ1) is 7.27. The molecule has 0 aliphatic carbocycles. The Bertz CT molecular complexity index is 318. The zero-order valence-electron chi connectivity index (χ0n) is 9.41. The van der Waals surface area contributed by atoms with Gasteiger partial charge in [-0.05, 0) is 24.9 Å². The fourth-order valence-corrected chi connectivity index (χ4v) is 1.46. The molecule has 92 valence electrons. The van der Waals surface area contributed by atoms with Crippen molar-refractivity contribution in [1.29, 1.82) is 0 Å². The molecule has 1 heterocycles. The van der Waals surface area contributed by atoms with Crippen molar-refractivity contribution in [3.63, 3.8) is 0 Å². The van der Waals surface area contributed by atoms with E-state index in [2.05, 4.69) is 10.6 Å². The minimum absolute atomic E-state index is 0. The highest BCUT2D eigenvalue weighted by atomic mass is 35.5. The maximum Gasteiger partial charge on any atom is 0.287 e. The summed E-state index contributed by atoms with van der Waals surface area (Å²) in [5, 5.41) is 6.65. The number of amides is 1. The molecule has 2 N–H and O–H groups in total. The molecular weight excluding hydrogens is 248 g/mol. The van der Waals surface area contributed by atoms with Gasteiger partial charge in [-0.2, -0.15) is 0 Å². The summed E-state index contributed by atoms with van der Waals surface area (Å²) in [5.41, 5.74) is 0. The molecule has 0 bridgehead atoms. The number of thioether (sulfide) groups is 1. The van der Waals surface area contributed by atoms with Crippen molar-refractivity contribution in [2.24, 2.45) is 0 Å². The van der Waals surface area contributed by atoms with E-state index < -0.39 is 0 Å². The van der Waals surface area contributed by atoms with Crippen LogP contribution in [0.2, 0.25) is 0 Å². The molecule has 1 aromatic heterocycles. The highest BCUT2D eigenvalue weighted by Crippen LogP contribution is 2.17. The van der Waals surface area contributed by atoms with Crippen molar-refractivity contribution < 1.29 is 9.21 Å². The van der Waals surface area contributed by atoms with Crippen molar-refractivity contribution in [2.45, 2.75) is 12.0 Å². The van der Waals surface area contributed by atoms with Crippen LogP contribution in [0.3, 0.4) is 0 Å². The molecule has 16 heavy (non-hydrogen) atoms. The Morgan fingerprint density at radius 3 is 2.75 bits per heavy atom. The topological polar surface area (TPSA) is 54.3 Å². The zero-order valence-corrected chi connectivity index (χ0v) is 11.0. The highest BCUT2D eigenvalue weighted by molar-refractivity contribution is 7.98. The van der Waals surface area contributed by atoms with Crippen LogP contribution in [0.15, 0.2) is 21.6 Å². The molecule has 0 saturated heterocycles. The number of likely N-dealkylation sites (N-methyl/N-ethyl adjacent to an activating group) is 1. The number of hydrogen-bond donors (Lipinski definition) is 2. The predicted molar refractivity (Wildman–Crippen MR) is 68.6 cm³/mol. The fraction of sp³-hybridized carbons (Fsp3) is 0.500. The molecule has 0 spiro atoms. The van der Waals surface area contributed by atoms with Gasteiger partial charge in [0.1, 0.15) is 0 Å². The number of furan rings is 1. The Hall–Kier alpha value is -0.650. The molecule has 0 saturated carbocycles. The molecule has 1 amide bonds. The molecule has 0 aliphatic rings. The van der Waals surface area contributed by atoms with E-state index in [-0.39, 0.29) is 18.3 Å². The van der Waals surface area contributed by atoms with E-state index in [0.717, 1.165) is 18.2 Å². The van der Waals surface area contributed by atoms with Crippen molar-refractivity contribution in [1.82, 2.24) is 10.6 Å². The van der Waals surface area contributed by atoms with E-state index in [4.69, 9.17) is 4.42 Å². The van der Waals surface area contributed by atoms with Crippen molar-refractivity contribution in [2.75, 3.05) is 25.9 Å². The van der Waals surface area contributed by atoms with Crippen LogP contribution in [0, 0.1) is 0 Å². The second-order valence-electron chi connectivity index (χ2n) is 2.93. The van der Waals surface area contributed by atoms with E-state index in [1.807, 2.05) is 13.2 Å². The van der Waals surface area contributed by atoms with Gasteiger partial charge in [0.25, 0.3) is 5.91 Å². The summed E-state index contributed by atoms with van der Waals surface area (Å²) in [5.74, 6) is 0.212. The van der Waals surface area contributed by atoms with Crippen LogP contribution in [0.5, 0.6) is 0 Å². The Morgan fingerprint density at radius 1 is 1.44 bits per heavy atom. The lowest BCUT2D eigenvalue weighted by atomic mass is 10.4. The molecule has 0 radical (unpaired) electrons. The molecule has 0 aliphatic heterocycles. The summed E-state index contributed by atoms with van der Waals surface area (Å²) < 4.78 is 5.28. The third-order valence-electron chi connectivity index (χ3n) is 1.84. The number of hydrogen-bond acceptors (Lipinski definition) is 4. The summed E-state index contributed by atoms with van der Waals surface area (Å²) in [7, 11) is 0. The van der Waals surface area contributed by atoms with Gasteiger partial charge in [0.15, 0.2) is 10.9 Å². The van der Waals surface area contributed by atoms with Crippen LogP contribution in [-0.4, -0.2) is 31.8 Å². The van der Waals surface area contributed by atoms with Crippen molar-refractivity contribution >= 4 is 30.1 Å². The molecular formula is C10H17ClN2O2S. The van der Waals surface area contributed by atoms with Crippen molar-refractivity contribution in [3.8, 4) is 0 Å². The molecule has 0 atom stereocenters. The lowest BCUT2D eigenvalue weighted by Crippen LogP contribution is -2.31. The minimum Gasteiger partial charge on any atom is -0.445 e. The van der Waals surface area contributed by atoms with Crippen LogP contribution in [0.25, 0.3) is 0 Å². The first kappa shape index (κ1) is 15.3. The number of halogens is 1. The lowest BCUT2D eigenvalue weighted by molar-refractivity contribution is 0.0921. The summed E-state index contributed by atoms with van der Waals surface area (Å²) in [6.07, 6.45) is 1.91. The van der Waals surface area contributed by atoms with Gasteiger partial charge in [-0.3, -0.25) is 4.79 Å². The van der Waals surface area contributed by atoms with Gasteiger partial charge in [-0.1, -0.05) is 18.7 Å². The normalized spacial score (nSPS) is 9.62. The monoisotopic (exact) mass is 264 g/mol. The van der Waals surface area contributed by atoms with Gasteiger partial charge in [0, 0.05) is 13.1 Å². The smallest absolute Gasteiger partial charge is 0.287 e. The Morgan fingerprint density at radius 2 is 2.19 bits per heavy atom. The van der Waals surface area contributed by atoms with Crippen LogP contribution < -0.4 is 10.6 Å². The van der Waals surface area contributed by atoms with Gasteiger partial charge >= 0.3 is 0 Å². The number of rotatable bonds is 6. The van der Waals surface area contributed by atoms with Crippen LogP contribution >= 0.6 is 24.2 Å². The maximum atomic E-state index is 11.5. The summed E-state index contributed by atoms with van der Waals surface area (Å²) >= 11 is 1.48. The minimum atomic E-state index is -0.159. The van der Waals surface area contributed by atoms with E-state index in [0.29, 0.717) is 12.3 Å². The molecule has 1 rings (SSSR count). The molecule has 1 aromatic rings. The van der Waals surface area contributed by atoms with Crippen LogP contribution in [0.4, 0.5) is 0 Å². The van der Waals surface area contributed by atoms with E-state index >= 15 is 0 Å². The van der Waals surface area contributed by atoms with Gasteiger partial charge < -0.3 is 15.1 Å². The Kier molecular flexibility index (Phi) is 8.15. The second kappa shape index (κ2) is 8.50. The fourth-order valence-electron chi connectivity index (χ4n) is 1.08.